The highest BCUT2D eigenvalue weighted by molar-refractivity contribution is 9.12. The molecule has 0 aromatic heterocycles. The highest BCUT2D eigenvalue weighted by atomic mass is 79.9. The van der Waals surface area contributed by atoms with Crippen LogP contribution < -0.4 is 0 Å². The summed E-state index contributed by atoms with van der Waals surface area (Å²) in [4.78, 5) is 1.25. The summed E-state index contributed by atoms with van der Waals surface area (Å²) in [6.07, 6.45) is 1.92. The van der Waals surface area contributed by atoms with Crippen LogP contribution >= 0.6 is 47.8 Å². The Morgan fingerprint density at radius 1 is 1.00 bits per heavy atom. The number of halogens is 4. The molecule has 4 heteroatoms. The van der Waals surface area contributed by atoms with Crippen LogP contribution in [0.2, 0.25) is 0 Å². The van der Waals surface area contributed by atoms with Crippen LogP contribution in [0.15, 0.2) is 0 Å². The Labute approximate surface area is 91.7 Å². The number of rotatable bonds is 1. The van der Waals surface area contributed by atoms with E-state index in [2.05, 4.69) is 47.8 Å². The van der Waals surface area contributed by atoms with Gasteiger partial charge in [0.25, 0.3) is 0 Å². The monoisotopic (exact) mass is 350 g/mol. The van der Waals surface area contributed by atoms with E-state index in [9.17, 15) is 4.39 Å². The Kier molecular flexibility index (Phi) is 4.33. The molecule has 1 aliphatic rings. The van der Waals surface area contributed by atoms with Crippen LogP contribution in [0.3, 0.4) is 0 Å². The van der Waals surface area contributed by atoms with Gasteiger partial charge in [0.15, 0.2) is 0 Å². The number of hydrogen-bond acceptors (Lipinski definition) is 0. The molecule has 4 unspecified atom stereocenters. The summed E-state index contributed by atoms with van der Waals surface area (Å²) in [6.45, 7) is -0.211. The zero-order valence-corrected chi connectivity index (χ0v) is 10.7. The highest BCUT2D eigenvalue weighted by Gasteiger charge is 2.33. The average Bonchev–Trinajstić information content (AvgIpc) is 1.97. The van der Waals surface area contributed by atoms with Gasteiger partial charge in [-0.2, -0.15) is 0 Å². The topological polar surface area (TPSA) is 0 Å². The fraction of sp³-hybridized carbons (Fsp3) is 1.00. The first-order valence-electron chi connectivity index (χ1n) is 3.63. The third kappa shape index (κ3) is 2.66. The van der Waals surface area contributed by atoms with Gasteiger partial charge in [0.2, 0.25) is 0 Å². The molecule has 0 N–H and O–H groups in total. The van der Waals surface area contributed by atoms with Crippen LogP contribution in [-0.4, -0.2) is 21.2 Å². The molecule has 0 radical (unpaired) electrons. The van der Waals surface area contributed by atoms with Crippen LogP contribution in [0.5, 0.6) is 0 Å². The standard InChI is InChI=1S/C7H10Br3F/c8-5-2-7(10)6(9)1-4(5)3-11/h4-7H,1-3H2. The van der Waals surface area contributed by atoms with Crippen molar-refractivity contribution in [3.8, 4) is 0 Å². The van der Waals surface area contributed by atoms with Gasteiger partial charge in [-0.1, -0.05) is 47.8 Å². The lowest BCUT2D eigenvalue weighted by molar-refractivity contribution is 0.304. The molecule has 0 aromatic rings. The van der Waals surface area contributed by atoms with Gasteiger partial charge in [0.1, 0.15) is 0 Å². The Hall–Kier alpha value is 1.37. The summed E-state index contributed by atoms with van der Waals surface area (Å²) in [5.41, 5.74) is 0. The van der Waals surface area contributed by atoms with E-state index in [0.717, 1.165) is 12.8 Å². The lowest BCUT2D eigenvalue weighted by Gasteiger charge is -2.32. The van der Waals surface area contributed by atoms with Crippen molar-refractivity contribution in [2.45, 2.75) is 27.3 Å². The van der Waals surface area contributed by atoms with Gasteiger partial charge in [-0.3, -0.25) is 4.39 Å². The number of alkyl halides is 4. The van der Waals surface area contributed by atoms with Crippen molar-refractivity contribution in [3.05, 3.63) is 0 Å². The van der Waals surface area contributed by atoms with Crippen LogP contribution in [0, 0.1) is 5.92 Å². The van der Waals surface area contributed by atoms with Gasteiger partial charge in [-0.05, 0) is 12.8 Å². The van der Waals surface area contributed by atoms with Crippen LogP contribution in [0.1, 0.15) is 12.8 Å². The van der Waals surface area contributed by atoms with Gasteiger partial charge in [0.05, 0.1) is 6.67 Å². The molecule has 0 aromatic carbocycles. The molecule has 0 spiro atoms. The SMILES string of the molecule is FCC1CC(Br)C(Br)CC1Br. The van der Waals surface area contributed by atoms with Crippen molar-refractivity contribution >= 4 is 47.8 Å². The van der Waals surface area contributed by atoms with E-state index in [1.807, 2.05) is 0 Å². The van der Waals surface area contributed by atoms with Crippen molar-refractivity contribution < 1.29 is 4.39 Å². The smallest absolute Gasteiger partial charge is 0.0933 e. The first kappa shape index (κ1) is 10.5. The van der Waals surface area contributed by atoms with E-state index in [0.29, 0.717) is 14.5 Å². The first-order valence-corrected chi connectivity index (χ1v) is 6.38. The molecule has 66 valence electrons. The minimum absolute atomic E-state index is 0.188. The van der Waals surface area contributed by atoms with Crippen LogP contribution in [0.25, 0.3) is 0 Å². The van der Waals surface area contributed by atoms with E-state index < -0.39 is 0 Å². The molecule has 0 heterocycles. The lowest BCUT2D eigenvalue weighted by Crippen LogP contribution is -2.34. The van der Waals surface area contributed by atoms with E-state index in [-0.39, 0.29) is 12.6 Å². The molecule has 0 saturated heterocycles. The van der Waals surface area contributed by atoms with Crippen molar-refractivity contribution in [2.24, 2.45) is 5.92 Å². The third-order valence-electron chi connectivity index (χ3n) is 2.08. The molecule has 4 atom stereocenters. The maximum Gasteiger partial charge on any atom is 0.0933 e. The van der Waals surface area contributed by atoms with Gasteiger partial charge in [-0.15, -0.1) is 0 Å². The fourth-order valence-electron chi connectivity index (χ4n) is 1.30. The minimum Gasteiger partial charge on any atom is -0.251 e. The van der Waals surface area contributed by atoms with Crippen molar-refractivity contribution in [2.75, 3.05) is 6.67 Å². The summed E-state index contributed by atoms with van der Waals surface area (Å²) in [5.74, 6) is 0.188. The summed E-state index contributed by atoms with van der Waals surface area (Å²) in [7, 11) is 0. The second-order valence-electron chi connectivity index (χ2n) is 2.93. The van der Waals surface area contributed by atoms with E-state index in [1.54, 1.807) is 0 Å². The quantitative estimate of drug-likeness (QED) is 0.632. The van der Waals surface area contributed by atoms with Gasteiger partial charge in [0, 0.05) is 20.4 Å². The summed E-state index contributed by atoms with van der Waals surface area (Å²) in [5, 5.41) is 0. The largest absolute Gasteiger partial charge is 0.251 e. The second kappa shape index (κ2) is 4.56. The zero-order valence-electron chi connectivity index (χ0n) is 5.94. The predicted octanol–water partition coefficient (Wildman–Crippen LogP) is 3.66. The molecule has 0 nitrogen and oxygen atoms in total. The Bertz CT molecular complexity index is 131. The Balaban J connectivity index is 2.48. The Morgan fingerprint density at radius 3 is 2.09 bits per heavy atom. The van der Waals surface area contributed by atoms with Crippen LogP contribution in [-0.2, 0) is 0 Å². The molecule has 0 amide bonds. The van der Waals surface area contributed by atoms with Gasteiger partial charge in [-0.25, -0.2) is 0 Å². The fourth-order valence-corrected chi connectivity index (χ4v) is 3.88. The summed E-state index contributed by atoms with van der Waals surface area (Å²) in [6, 6.07) is 0. The van der Waals surface area contributed by atoms with Crippen molar-refractivity contribution in [3.63, 3.8) is 0 Å². The van der Waals surface area contributed by atoms with E-state index >= 15 is 0 Å². The molecular weight excluding hydrogens is 343 g/mol. The summed E-state index contributed by atoms with van der Waals surface area (Å²) >= 11 is 10.6. The average molecular weight is 353 g/mol. The van der Waals surface area contributed by atoms with Crippen molar-refractivity contribution in [1.29, 1.82) is 0 Å². The minimum atomic E-state index is -0.211. The van der Waals surface area contributed by atoms with E-state index in [4.69, 9.17) is 0 Å². The molecular formula is C7H10Br3F. The second-order valence-corrected chi connectivity index (χ2v) is 6.46. The third-order valence-corrected chi connectivity index (χ3v) is 5.94. The molecule has 1 saturated carbocycles. The lowest BCUT2D eigenvalue weighted by atomic mass is 9.90. The molecule has 1 aliphatic carbocycles. The van der Waals surface area contributed by atoms with Crippen LogP contribution in [0.4, 0.5) is 4.39 Å². The van der Waals surface area contributed by atoms with E-state index in [1.165, 1.54) is 0 Å². The normalized spacial score (nSPS) is 45.8. The molecule has 0 aliphatic heterocycles. The van der Waals surface area contributed by atoms with Crippen molar-refractivity contribution in [1.82, 2.24) is 0 Å². The Morgan fingerprint density at radius 2 is 1.55 bits per heavy atom. The molecule has 11 heavy (non-hydrogen) atoms. The maximum absolute atomic E-state index is 12.4. The maximum atomic E-state index is 12.4. The number of hydrogen-bond donors (Lipinski definition) is 0. The zero-order chi connectivity index (χ0) is 8.43. The molecule has 1 fully saturated rings. The summed E-state index contributed by atoms with van der Waals surface area (Å²) < 4.78 is 12.4. The first-order chi connectivity index (χ1) is 5.15. The highest BCUT2D eigenvalue weighted by Crippen LogP contribution is 2.37. The van der Waals surface area contributed by atoms with Gasteiger partial charge >= 0.3 is 0 Å². The molecule has 0 bridgehead atoms. The predicted molar refractivity (Wildman–Crippen MR) is 56.8 cm³/mol. The molecule has 1 rings (SSSR count). The van der Waals surface area contributed by atoms with Gasteiger partial charge < -0.3 is 0 Å².